The van der Waals surface area contributed by atoms with Crippen molar-refractivity contribution in [1.29, 1.82) is 0 Å². The molecule has 2 rings (SSSR count). The van der Waals surface area contributed by atoms with Crippen molar-refractivity contribution in [3.05, 3.63) is 75.8 Å². The fourth-order valence-electron chi connectivity index (χ4n) is 1.78. The second-order valence-electron chi connectivity index (χ2n) is 3.95. The molecular weight excluding hydrogens is 246 g/mol. The number of para-hydroxylation sites is 1. The van der Waals surface area contributed by atoms with Crippen molar-refractivity contribution in [1.82, 2.24) is 0 Å². The van der Waals surface area contributed by atoms with Crippen LogP contribution in [0.25, 0.3) is 0 Å². The summed E-state index contributed by atoms with van der Waals surface area (Å²) < 4.78 is 0. The third kappa shape index (κ3) is 2.66. The SMILES string of the molecule is O=C(c1ccccc1[N+](=O)[O-])C(O)c1ccccc1. The maximum atomic E-state index is 12.1. The van der Waals surface area contributed by atoms with Crippen LogP contribution in [0.5, 0.6) is 0 Å². The molecule has 0 radical (unpaired) electrons. The zero-order chi connectivity index (χ0) is 13.8. The number of Topliss-reactive ketones (excluding diaryl/α,β-unsaturated/α-hetero) is 1. The minimum atomic E-state index is -1.40. The quantitative estimate of drug-likeness (QED) is 0.518. The molecule has 2 aromatic carbocycles. The molecule has 0 saturated heterocycles. The molecule has 19 heavy (non-hydrogen) atoms. The van der Waals surface area contributed by atoms with Crippen LogP contribution in [0.4, 0.5) is 5.69 Å². The standard InChI is InChI=1S/C14H11NO4/c16-13(10-6-2-1-3-7-10)14(17)11-8-4-5-9-12(11)15(18)19/h1-9,13,16H. The third-order valence-electron chi connectivity index (χ3n) is 2.73. The molecule has 0 heterocycles. The van der Waals surface area contributed by atoms with Crippen LogP contribution in [-0.2, 0) is 0 Å². The van der Waals surface area contributed by atoms with Gasteiger partial charge in [-0.3, -0.25) is 14.9 Å². The molecule has 0 aliphatic rings. The number of nitrogens with zero attached hydrogens (tertiary/aromatic N) is 1. The number of aliphatic hydroxyl groups excluding tert-OH is 1. The lowest BCUT2D eigenvalue weighted by Gasteiger charge is -2.09. The average Bonchev–Trinajstić information content (AvgIpc) is 2.46. The monoisotopic (exact) mass is 257 g/mol. The second-order valence-corrected chi connectivity index (χ2v) is 3.95. The van der Waals surface area contributed by atoms with Gasteiger partial charge in [0.15, 0.2) is 0 Å². The van der Waals surface area contributed by atoms with Crippen molar-refractivity contribution in [3.63, 3.8) is 0 Å². The molecule has 5 heteroatoms. The van der Waals surface area contributed by atoms with Gasteiger partial charge in [0.2, 0.25) is 5.78 Å². The zero-order valence-corrected chi connectivity index (χ0v) is 9.89. The number of benzene rings is 2. The highest BCUT2D eigenvalue weighted by atomic mass is 16.6. The van der Waals surface area contributed by atoms with Gasteiger partial charge in [-0.05, 0) is 11.6 Å². The van der Waals surface area contributed by atoms with E-state index in [0.29, 0.717) is 5.56 Å². The first-order valence-electron chi connectivity index (χ1n) is 5.62. The number of hydrogen-bond acceptors (Lipinski definition) is 4. The molecule has 0 bridgehead atoms. The van der Waals surface area contributed by atoms with Crippen LogP contribution in [0, 0.1) is 10.1 Å². The predicted octanol–water partition coefficient (Wildman–Crippen LogP) is 2.51. The third-order valence-corrected chi connectivity index (χ3v) is 2.73. The summed E-state index contributed by atoms with van der Waals surface area (Å²) in [7, 11) is 0. The molecule has 0 aromatic heterocycles. The van der Waals surface area contributed by atoms with Crippen LogP contribution in [-0.4, -0.2) is 15.8 Å². The lowest BCUT2D eigenvalue weighted by Crippen LogP contribution is -2.13. The lowest BCUT2D eigenvalue weighted by atomic mass is 9.99. The summed E-state index contributed by atoms with van der Waals surface area (Å²) in [6.07, 6.45) is -1.40. The van der Waals surface area contributed by atoms with Crippen molar-refractivity contribution in [3.8, 4) is 0 Å². The molecular formula is C14H11NO4. The van der Waals surface area contributed by atoms with Gasteiger partial charge < -0.3 is 5.11 Å². The fraction of sp³-hybridized carbons (Fsp3) is 0.0714. The highest BCUT2D eigenvalue weighted by molar-refractivity contribution is 6.03. The Morgan fingerprint density at radius 2 is 1.63 bits per heavy atom. The summed E-state index contributed by atoms with van der Waals surface area (Å²) in [5.74, 6) is -0.682. The first-order valence-corrected chi connectivity index (χ1v) is 5.62. The molecule has 2 aromatic rings. The van der Waals surface area contributed by atoms with Crippen molar-refractivity contribution in [2.75, 3.05) is 0 Å². The number of nitro benzene ring substituents is 1. The van der Waals surface area contributed by atoms with E-state index in [0.717, 1.165) is 0 Å². The molecule has 0 spiro atoms. The topological polar surface area (TPSA) is 80.4 Å². The number of carbonyl (C=O) groups excluding carboxylic acids is 1. The van der Waals surface area contributed by atoms with Crippen LogP contribution in [0.3, 0.4) is 0 Å². The Labute approximate surface area is 109 Å². The van der Waals surface area contributed by atoms with Crippen molar-refractivity contribution >= 4 is 11.5 Å². The Bertz CT molecular complexity index is 610. The summed E-state index contributed by atoms with van der Waals surface area (Å²) in [6, 6.07) is 13.9. The summed E-state index contributed by atoms with van der Waals surface area (Å²) in [5, 5.41) is 20.8. The van der Waals surface area contributed by atoms with Gasteiger partial charge in [0.05, 0.1) is 10.5 Å². The molecule has 0 fully saturated rings. The smallest absolute Gasteiger partial charge is 0.280 e. The van der Waals surface area contributed by atoms with Crippen molar-refractivity contribution in [2.45, 2.75) is 6.10 Å². The lowest BCUT2D eigenvalue weighted by molar-refractivity contribution is -0.385. The van der Waals surface area contributed by atoms with Gasteiger partial charge in [0.25, 0.3) is 5.69 Å². The van der Waals surface area contributed by atoms with E-state index in [4.69, 9.17) is 0 Å². The van der Waals surface area contributed by atoms with E-state index >= 15 is 0 Å². The van der Waals surface area contributed by atoms with E-state index in [2.05, 4.69) is 0 Å². The average molecular weight is 257 g/mol. The molecule has 0 saturated carbocycles. The molecule has 1 atom stereocenters. The maximum Gasteiger partial charge on any atom is 0.280 e. The summed E-state index contributed by atoms with van der Waals surface area (Å²) in [5.41, 5.74) is 0.0111. The second kappa shape index (κ2) is 5.41. The van der Waals surface area contributed by atoms with Gasteiger partial charge in [0, 0.05) is 6.07 Å². The van der Waals surface area contributed by atoms with Crippen molar-refractivity contribution in [2.24, 2.45) is 0 Å². The Morgan fingerprint density at radius 1 is 1.05 bits per heavy atom. The zero-order valence-electron chi connectivity index (χ0n) is 9.89. The van der Waals surface area contributed by atoms with Gasteiger partial charge in [-0.2, -0.15) is 0 Å². The Kier molecular flexibility index (Phi) is 3.68. The number of carbonyl (C=O) groups is 1. The van der Waals surface area contributed by atoms with Gasteiger partial charge >= 0.3 is 0 Å². The predicted molar refractivity (Wildman–Crippen MR) is 68.8 cm³/mol. The van der Waals surface area contributed by atoms with Gasteiger partial charge in [0.1, 0.15) is 6.10 Å². The van der Waals surface area contributed by atoms with Gasteiger partial charge in [-0.1, -0.05) is 42.5 Å². The summed E-state index contributed by atoms with van der Waals surface area (Å²) in [4.78, 5) is 22.3. The number of aliphatic hydroxyl groups is 1. The van der Waals surface area contributed by atoms with Crippen LogP contribution < -0.4 is 0 Å². The summed E-state index contributed by atoms with van der Waals surface area (Å²) >= 11 is 0. The van der Waals surface area contributed by atoms with Crippen molar-refractivity contribution < 1.29 is 14.8 Å². The number of ketones is 1. The molecule has 96 valence electrons. The Morgan fingerprint density at radius 3 is 2.26 bits per heavy atom. The van der Waals surface area contributed by atoms with E-state index < -0.39 is 16.8 Å². The van der Waals surface area contributed by atoms with E-state index in [1.807, 2.05) is 0 Å². The molecule has 5 nitrogen and oxygen atoms in total. The van der Waals surface area contributed by atoms with Crippen LogP contribution in [0.15, 0.2) is 54.6 Å². The fourth-order valence-corrected chi connectivity index (χ4v) is 1.78. The minimum absolute atomic E-state index is 0.0937. The Balaban J connectivity index is 2.38. The molecule has 0 aliphatic carbocycles. The normalized spacial score (nSPS) is 11.8. The van der Waals surface area contributed by atoms with Crippen LogP contribution in [0.2, 0.25) is 0 Å². The van der Waals surface area contributed by atoms with Gasteiger partial charge in [-0.15, -0.1) is 0 Å². The van der Waals surface area contributed by atoms with Crippen LogP contribution >= 0.6 is 0 Å². The van der Waals surface area contributed by atoms with E-state index in [-0.39, 0.29) is 11.3 Å². The largest absolute Gasteiger partial charge is 0.380 e. The van der Waals surface area contributed by atoms with E-state index in [1.54, 1.807) is 30.3 Å². The number of hydrogen-bond donors (Lipinski definition) is 1. The van der Waals surface area contributed by atoms with E-state index in [9.17, 15) is 20.0 Å². The highest BCUT2D eigenvalue weighted by Gasteiger charge is 2.25. The Hall–Kier alpha value is -2.53. The van der Waals surface area contributed by atoms with Crippen LogP contribution in [0.1, 0.15) is 22.0 Å². The first kappa shape index (κ1) is 12.9. The highest BCUT2D eigenvalue weighted by Crippen LogP contribution is 2.24. The molecule has 0 amide bonds. The first-order chi connectivity index (χ1) is 9.11. The number of nitro groups is 1. The molecule has 1 unspecified atom stereocenters. The summed E-state index contributed by atoms with van der Waals surface area (Å²) in [6.45, 7) is 0. The maximum absolute atomic E-state index is 12.1. The molecule has 1 N–H and O–H groups in total. The minimum Gasteiger partial charge on any atom is -0.380 e. The number of rotatable bonds is 4. The molecule has 0 aliphatic heterocycles. The van der Waals surface area contributed by atoms with E-state index in [1.165, 1.54) is 24.3 Å². The van der Waals surface area contributed by atoms with Gasteiger partial charge in [-0.25, -0.2) is 0 Å².